The monoisotopic (exact) mass is 316 g/mol. The first-order chi connectivity index (χ1) is 10.0. The summed E-state index contributed by atoms with van der Waals surface area (Å²) in [4.78, 5) is -0.311. The Morgan fingerprint density at radius 3 is 2.81 bits per heavy atom. The largest absolute Gasteiger partial charge is 0.380 e. The van der Waals surface area contributed by atoms with Gasteiger partial charge in [-0.1, -0.05) is 6.07 Å². The van der Waals surface area contributed by atoms with Crippen LogP contribution in [0.3, 0.4) is 0 Å². The maximum Gasteiger partial charge on any atom is 0.243 e. The normalized spacial score (nSPS) is 15.3. The third kappa shape index (κ3) is 5.03. The highest BCUT2D eigenvalue weighted by molar-refractivity contribution is 7.89. The smallest absolute Gasteiger partial charge is 0.243 e. The van der Waals surface area contributed by atoms with E-state index in [4.69, 9.17) is 4.74 Å². The van der Waals surface area contributed by atoms with Crippen LogP contribution < -0.4 is 10.0 Å². The first kappa shape index (κ1) is 16.4. The second kappa shape index (κ2) is 7.31. The summed E-state index contributed by atoms with van der Waals surface area (Å²) < 4.78 is 45.4. The number of benzene rings is 1. The van der Waals surface area contributed by atoms with Crippen LogP contribution in [0.25, 0.3) is 0 Å². The van der Waals surface area contributed by atoms with Crippen molar-refractivity contribution in [1.82, 2.24) is 10.0 Å². The first-order valence-corrected chi connectivity index (χ1v) is 8.60. The van der Waals surface area contributed by atoms with E-state index >= 15 is 0 Å². The topological polar surface area (TPSA) is 67.4 Å². The molecule has 0 bridgehead atoms. The summed E-state index contributed by atoms with van der Waals surface area (Å²) in [6.45, 7) is 3.27. The van der Waals surface area contributed by atoms with E-state index in [1.807, 2.05) is 6.92 Å². The predicted octanol–water partition coefficient (Wildman–Crippen LogP) is 1.39. The molecule has 0 spiro atoms. The number of sulfonamides is 1. The standard InChI is InChI=1S/C14H21FN2O3S/c1-2-20-8-7-17-21(18,19)14-9-11(3-6-13(14)15)10-16-12-4-5-12/h3,6,9,12,16-17H,2,4-5,7-8,10H2,1H3. The molecule has 0 radical (unpaired) electrons. The highest BCUT2D eigenvalue weighted by Crippen LogP contribution is 2.21. The quantitative estimate of drug-likeness (QED) is 0.676. The molecule has 1 aliphatic carbocycles. The number of nitrogens with one attached hydrogen (secondary N) is 2. The SMILES string of the molecule is CCOCCNS(=O)(=O)c1cc(CNC2CC2)ccc1F. The molecule has 1 aliphatic rings. The van der Waals surface area contributed by atoms with Crippen LogP contribution >= 0.6 is 0 Å². The molecule has 0 atom stereocenters. The zero-order chi connectivity index (χ0) is 15.3. The van der Waals surface area contributed by atoms with Crippen molar-refractivity contribution in [2.45, 2.75) is 37.2 Å². The third-order valence-corrected chi connectivity index (χ3v) is 4.68. The van der Waals surface area contributed by atoms with Crippen molar-refractivity contribution in [3.63, 3.8) is 0 Å². The van der Waals surface area contributed by atoms with Gasteiger partial charge in [0.15, 0.2) is 0 Å². The van der Waals surface area contributed by atoms with Crippen molar-refractivity contribution in [2.75, 3.05) is 19.8 Å². The zero-order valence-corrected chi connectivity index (χ0v) is 12.9. The number of ether oxygens (including phenoxy) is 1. The van der Waals surface area contributed by atoms with E-state index in [1.165, 1.54) is 12.1 Å². The summed E-state index contributed by atoms with van der Waals surface area (Å²) in [6.07, 6.45) is 2.29. The molecule has 0 amide bonds. The summed E-state index contributed by atoms with van der Waals surface area (Å²) in [5.41, 5.74) is 0.758. The molecule has 21 heavy (non-hydrogen) atoms. The van der Waals surface area contributed by atoms with E-state index in [0.717, 1.165) is 18.4 Å². The number of hydrogen-bond donors (Lipinski definition) is 2. The molecule has 0 aromatic heterocycles. The van der Waals surface area contributed by atoms with Gasteiger partial charge in [-0.05, 0) is 37.5 Å². The Morgan fingerprint density at radius 2 is 2.14 bits per heavy atom. The second-order valence-corrected chi connectivity index (χ2v) is 6.75. The van der Waals surface area contributed by atoms with Gasteiger partial charge in [-0.15, -0.1) is 0 Å². The molecule has 2 rings (SSSR count). The molecule has 1 aromatic rings. The van der Waals surface area contributed by atoms with E-state index in [2.05, 4.69) is 10.0 Å². The maximum atomic E-state index is 13.8. The van der Waals surface area contributed by atoms with Crippen LogP contribution in [0.2, 0.25) is 0 Å². The second-order valence-electron chi connectivity index (χ2n) is 5.01. The minimum Gasteiger partial charge on any atom is -0.380 e. The molecular formula is C14H21FN2O3S. The lowest BCUT2D eigenvalue weighted by atomic mass is 10.2. The molecule has 1 saturated carbocycles. The minimum atomic E-state index is -3.85. The first-order valence-electron chi connectivity index (χ1n) is 7.12. The van der Waals surface area contributed by atoms with Gasteiger partial charge < -0.3 is 10.1 Å². The molecular weight excluding hydrogens is 295 g/mol. The molecule has 2 N–H and O–H groups in total. The molecule has 0 saturated heterocycles. The van der Waals surface area contributed by atoms with Crippen LogP contribution in [-0.4, -0.2) is 34.2 Å². The summed E-state index contributed by atoms with van der Waals surface area (Å²) in [5, 5.41) is 3.27. The summed E-state index contributed by atoms with van der Waals surface area (Å²) in [6, 6.07) is 4.69. The van der Waals surface area contributed by atoms with Gasteiger partial charge in [0.2, 0.25) is 10.0 Å². The zero-order valence-electron chi connectivity index (χ0n) is 12.1. The van der Waals surface area contributed by atoms with Crippen LogP contribution in [-0.2, 0) is 21.3 Å². The van der Waals surface area contributed by atoms with Crippen LogP contribution in [0.4, 0.5) is 4.39 Å². The molecule has 0 unspecified atom stereocenters. The Morgan fingerprint density at radius 1 is 1.38 bits per heavy atom. The predicted molar refractivity (Wildman–Crippen MR) is 77.9 cm³/mol. The van der Waals surface area contributed by atoms with Gasteiger partial charge in [0.25, 0.3) is 0 Å². The number of rotatable bonds is 9. The van der Waals surface area contributed by atoms with Gasteiger partial charge in [0, 0.05) is 25.7 Å². The lowest BCUT2D eigenvalue weighted by Crippen LogP contribution is -2.28. The average Bonchev–Trinajstić information content (AvgIpc) is 3.27. The fraction of sp³-hybridized carbons (Fsp3) is 0.571. The summed E-state index contributed by atoms with van der Waals surface area (Å²) in [7, 11) is -3.85. The Kier molecular flexibility index (Phi) is 5.69. The van der Waals surface area contributed by atoms with Crippen molar-refractivity contribution in [3.8, 4) is 0 Å². The third-order valence-electron chi connectivity index (χ3n) is 3.20. The molecule has 7 heteroatoms. The van der Waals surface area contributed by atoms with Crippen molar-refractivity contribution in [3.05, 3.63) is 29.6 Å². The van der Waals surface area contributed by atoms with E-state index in [1.54, 1.807) is 6.07 Å². The molecule has 0 aliphatic heterocycles. The van der Waals surface area contributed by atoms with Crippen molar-refractivity contribution >= 4 is 10.0 Å². The Balaban J connectivity index is 2.03. The van der Waals surface area contributed by atoms with Crippen LogP contribution in [0.15, 0.2) is 23.1 Å². The van der Waals surface area contributed by atoms with Gasteiger partial charge in [0.1, 0.15) is 10.7 Å². The Labute approximate surface area is 124 Å². The highest BCUT2D eigenvalue weighted by Gasteiger charge is 2.22. The van der Waals surface area contributed by atoms with Gasteiger partial charge in [-0.25, -0.2) is 17.5 Å². The van der Waals surface area contributed by atoms with Crippen molar-refractivity contribution < 1.29 is 17.5 Å². The van der Waals surface area contributed by atoms with Gasteiger partial charge in [-0.3, -0.25) is 0 Å². The van der Waals surface area contributed by atoms with Gasteiger partial charge in [0.05, 0.1) is 6.61 Å². The Bertz CT molecular complexity index is 574. The van der Waals surface area contributed by atoms with E-state index in [0.29, 0.717) is 19.2 Å². The van der Waals surface area contributed by atoms with E-state index < -0.39 is 15.8 Å². The number of halogens is 1. The molecule has 1 fully saturated rings. The maximum absolute atomic E-state index is 13.8. The molecule has 5 nitrogen and oxygen atoms in total. The molecule has 1 aromatic carbocycles. The van der Waals surface area contributed by atoms with Crippen LogP contribution in [0.1, 0.15) is 25.3 Å². The van der Waals surface area contributed by atoms with Gasteiger partial charge in [-0.2, -0.15) is 0 Å². The lowest BCUT2D eigenvalue weighted by molar-refractivity contribution is 0.153. The Hall–Kier alpha value is -1.02. The molecule has 0 heterocycles. The highest BCUT2D eigenvalue weighted by atomic mass is 32.2. The van der Waals surface area contributed by atoms with Crippen LogP contribution in [0, 0.1) is 5.82 Å². The molecule has 118 valence electrons. The fourth-order valence-electron chi connectivity index (χ4n) is 1.88. The van der Waals surface area contributed by atoms with Crippen LogP contribution in [0.5, 0.6) is 0 Å². The van der Waals surface area contributed by atoms with Gasteiger partial charge >= 0.3 is 0 Å². The van der Waals surface area contributed by atoms with Crippen molar-refractivity contribution in [1.29, 1.82) is 0 Å². The van der Waals surface area contributed by atoms with Crippen molar-refractivity contribution in [2.24, 2.45) is 0 Å². The lowest BCUT2D eigenvalue weighted by Gasteiger charge is -2.10. The summed E-state index contributed by atoms with van der Waals surface area (Å²) in [5.74, 6) is -0.742. The minimum absolute atomic E-state index is 0.125. The fourth-order valence-corrected chi connectivity index (χ4v) is 3.02. The van der Waals surface area contributed by atoms with E-state index in [9.17, 15) is 12.8 Å². The van der Waals surface area contributed by atoms with E-state index in [-0.39, 0.29) is 18.0 Å². The number of hydrogen-bond acceptors (Lipinski definition) is 4. The average molecular weight is 316 g/mol. The summed E-state index contributed by atoms with van der Waals surface area (Å²) >= 11 is 0.